The van der Waals surface area contributed by atoms with Crippen molar-refractivity contribution in [1.29, 1.82) is 0 Å². The molecule has 26 heavy (non-hydrogen) atoms. The number of carbonyl (C=O) groups is 2. The number of hydrogen-bond donors (Lipinski definition) is 0. The minimum atomic E-state index is -3.52. The van der Waals surface area contributed by atoms with Gasteiger partial charge < -0.3 is 14.2 Å². The summed E-state index contributed by atoms with van der Waals surface area (Å²) < 4.78 is 41.5. The Kier molecular flexibility index (Phi) is 5.90. The first-order valence-corrected chi connectivity index (χ1v) is 9.94. The predicted molar refractivity (Wildman–Crippen MR) is 89.8 cm³/mol. The molecule has 0 amide bonds. The summed E-state index contributed by atoms with van der Waals surface area (Å²) in [6, 6.07) is 6.45. The number of sulfonamides is 1. The quantitative estimate of drug-likeness (QED) is 0.660. The lowest BCUT2D eigenvalue weighted by Crippen LogP contribution is -2.40. The first kappa shape index (κ1) is 18.8. The largest absolute Gasteiger partial charge is 0.463 e. The van der Waals surface area contributed by atoms with Crippen molar-refractivity contribution in [3.8, 4) is 0 Å². The number of carbonyl (C=O) groups excluding carboxylic acids is 2. The van der Waals surface area contributed by atoms with Gasteiger partial charge in [0.05, 0.1) is 24.7 Å². The van der Waals surface area contributed by atoms with Gasteiger partial charge in [-0.05, 0) is 24.1 Å². The van der Waals surface area contributed by atoms with Gasteiger partial charge in [-0.2, -0.15) is 4.31 Å². The van der Waals surface area contributed by atoms with Crippen molar-refractivity contribution in [3.63, 3.8) is 0 Å². The molecule has 8 nitrogen and oxygen atoms in total. The Morgan fingerprint density at radius 2 is 1.85 bits per heavy atom. The average Bonchev–Trinajstić information content (AvgIpc) is 3.06. The van der Waals surface area contributed by atoms with E-state index < -0.39 is 28.1 Å². The highest BCUT2D eigenvalue weighted by molar-refractivity contribution is 7.89. The van der Waals surface area contributed by atoms with Gasteiger partial charge in [-0.25, -0.2) is 13.2 Å². The molecule has 0 N–H and O–H groups in total. The van der Waals surface area contributed by atoms with Crippen LogP contribution < -0.4 is 0 Å². The molecule has 1 aromatic rings. The van der Waals surface area contributed by atoms with Gasteiger partial charge in [0.15, 0.2) is 0 Å². The van der Waals surface area contributed by atoms with E-state index in [0.29, 0.717) is 39.1 Å². The molecule has 2 aliphatic rings. The van der Waals surface area contributed by atoms with E-state index >= 15 is 0 Å². The van der Waals surface area contributed by atoms with E-state index in [1.165, 1.54) is 4.31 Å². The molecular weight excluding hydrogens is 362 g/mol. The maximum absolute atomic E-state index is 12.5. The van der Waals surface area contributed by atoms with E-state index in [-0.39, 0.29) is 17.9 Å². The van der Waals surface area contributed by atoms with E-state index in [1.54, 1.807) is 24.3 Å². The van der Waals surface area contributed by atoms with Gasteiger partial charge in [0.1, 0.15) is 0 Å². The molecule has 0 aromatic heterocycles. The van der Waals surface area contributed by atoms with E-state index in [2.05, 4.69) is 0 Å². The van der Waals surface area contributed by atoms with Gasteiger partial charge in [0, 0.05) is 25.9 Å². The Hall–Kier alpha value is -1.97. The Morgan fingerprint density at radius 3 is 2.46 bits per heavy atom. The first-order chi connectivity index (χ1) is 12.5. The highest BCUT2D eigenvalue weighted by Crippen LogP contribution is 2.18. The maximum atomic E-state index is 12.5. The zero-order valence-corrected chi connectivity index (χ0v) is 15.1. The van der Waals surface area contributed by atoms with Gasteiger partial charge in [-0.3, -0.25) is 4.79 Å². The molecule has 142 valence electrons. The number of benzene rings is 1. The SMILES string of the molecule is O=C(CCc1ccc(S(=O)(=O)N2CCOCC2)cc1)O[C@H]1CCOC1=O. The topological polar surface area (TPSA) is 99.2 Å². The third-order valence-electron chi connectivity index (χ3n) is 4.31. The van der Waals surface area contributed by atoms with Crippen LogP contribution in [0.5, 0.6) is 0 Å². The fraction of sp³-hybridized carbons (Fsp3) is 0.529. The highest BCUT2D eigenvalue weighted by Gasteiger charge is 2.30. The third kappa shape index (κ3) is 4.40. The zero-order valence-electron chi connectivity index (χ0n) is 14.3. The van der Waals surface area contributed by atoms with Crippen LogP contribution >= 0.6 is 0 Å². The number of ether oxygens (including phenoxy) is 3. The number of rotatable bonds is 6. The molecule has 2 fully saturated rings. The first-order valence-electron chi connectivity index (χ1n) is 8.50. The Balaban J connectivity index is 1.54. The van der Waals surface area contributed by atoms with Crippen molar-refractivity contribution in [3.05, 3.63) is 29.8 Å². The van der Waals surface area contributed by atoms with Crippen LogP contribution in [0.25, 0.3) is 0 Å². The summed E-state index contributed by atoms with van der Waals surface area (Å²) in [5.41, 5.74) is 0.817. The lowest BCUT2D eigenvalue weighted by molar-refractivity contribution is -0.160. The van der Waals surface area contributed by atoms with Gasteiger partial charge in [0.25, 0.3) is 0 Å². The highest BCUT2D eigenvalue weighted by atomic mass is 32.2. The minimum absolute atomic E-state index is 0.110. The van der Waals surface area contributed by atoms with Crippen LogP contribution in [0.2, 0.25) is 0 Å². The molecule has 2 aliphatic heterocycles. The third-order valence-corrected chi connectivity index (χ3v) is 6.22. The van der Waals surface area contributed by atoms with Crippen LogP contribution in [0, 0.1) is 0 Å². The van der Waals surface area contributed by atoms with Crippen molar-refractivity contribution in [2.45, 2.75) is 30.3 Å². The zero-order chi connectivity index (χ0) is 18.6. The van der Waals surface area contributed by atoms with E-state index in [4.69, 9.17) is 14.2 Å². The molecule has 0 bridgehead atoms. The number of nitrogens with zero attached hydrogens (tertiary/aromatic N) is 1. The van der Waals surface area contributed by atoms with Crippen LogP contribution in [0.1, 0.15) is 18.4 Å². The van der Waals surface area contributed by atoms with E-state index in [1.807, 2.05) is 0 Å². The standard InChI is InChI=1S/C17H21NO7S/c19-16(25-15-7-10-24-17(15)20)6-3-13-1-4-14(5-2-13)26(21,22)18-8-11-23-12-9-18/h1-2,4-5,15H,3,6-12H2/t15-/m0/s1. The monoisotopic (exact) mass is 383 g/mol. The van der Waals surface area contributed by atoms with Crippen molar-refractivity contribution in [1.82, 2.24) is 4.31 Å². The summed E-state index contributed by atoms with van der Waals surface area (Å²) in [6.45, 7) is 1.76. The van der Waals surface area contributed by atoms with Gasteiger partial charge >= 0.3 is 11.9 Å². The summed E-state index contributed by atoms with van der Waals surface area (Å²) in [4.78, 5) is 23.3. The molecule has 0 unspecified atom stereocenters. The van der Waals surface area contributed by atoms with Crippen LogP contribution in [-0.2, 0) is 40.2 Å². The summed E-state index contributed by atoms with van der Waals surface area (Å²) in [5, 5.41) is 0. The van der Waals surface area contributed by atoms with E-state index in [0.717, 1.165) is 5.56 Å². The Morgan fingerprint density at radius 1 is 1.15 bits per heavy atom. The molecule has 0 saturated carbocycles. The van der Waals surface area contributed by atoms with Gasteiger partial charge in [-0.15, -0.1) is 0 Å². The van der Waals surface area contributed by atoms with Crippen molar-refractivity contribution < 1.29 is 32.2 Å². The number of morpholine rings is 1. The molecule has 2 heterocycles. The van der Waals surface area contributed by atoms with Crippen LogP contribution in [0.4, 0.5) is 0 Å². The molecule has 9 heteroatoms. The Labute approximate surface area is 152 Å². The summed E-state index contributed by atoms with van der Waals surface area (Å²) in [5.74, 6) is -0.977. The maximum Gasteiger partial charge on any atom is 0.347 e. The van der Waals surface area contributed by atoms with Crippen molar-refractivity contribution in [2.24, 2.45) is 0 Å². The normalized spacial score (nSPS) is 21.4. The van der Waals surface area contributed by atoms with Crippen molar-refractivity contribution in [2.75, 3.05) is 32.9 Å². The van der Waals surface area contributed by atoms with Crippen LogP contribution in [-0.4, -0.2) is 63.7 Å². The van der Waals surface area contributed by atoms with Crippen LogP contribution in [0.15, 0.2) is 29.2 Å². The lowest BCUT2D eigenvalue weighted by Gasteiger charge is -2.26. The number of hydrogen-bond acceptors (Lipinski definition) is 7. The second-order valence-electron chi connectivity index (χ2n) is 6.10. The van der Waals surface area contributed by atoms with Gasteiger partial charge in [0.2, 0.25) is 16.1 Å². The summed E-state index contributed by atoms with van der Waals surface area (Å²) in [6.07, 6.45) is 0.0970. The molecule has 1 atom stereocenters. The molecule has 2 saturated heterocycles. The smallest absolute Gasteiger partial charge is 0.347 e. The molecule has 0 radical (unpaired) electrons. The number of cyclic esters (lactones) is 1. The second kappa shape index (κ2) is 8.15. The summed E-state index contributed by atoms with van der Waals surface area (Å²) in [7, 11) is -3.52. The predicted octanol–water partition coefficient (Wildman–Crippen LogP) is 0.499. The second-order valence-corrected chi connectivity index (χ2v) is 8.03. The Bertz CT molecular complexity index is 754. The molecule has 3 rings (SSSR count). The van der Waals surface area contributed by atoms with Crippen molar-refractivity contribution >= 4 is 22.0 Å². The lowest BCUT2D eigenvalue weighted by atomic mass is 10.1. The minimum Gasteiger partial charge on any atom is -0.463 e. The number of esters is 2. The van der Waals surface area contributed by atoms with Gasteiger partial charge in [-0.1, -0.05) is 12.1 Å². The average molecular weight is 383 g/mol. The molecule has 1 aromatic carbocycles. The molecule has 0 aliphatic carbocycles. The summed E-state index contributed by atoms with van der Waals surface area (Å²) >= 11 is 0. The molecule has 0 spiro atoms. The fourth-order valence-corrected chi connectivity index (χ4v) is 4.22. The van der Waals surface area contributed by atoms with E-state index in [9.17, 15) is 18.0 Å². The molecular formula is C17H21NO7S. The fourth-order valence-electron chi connectivity index (χ4n) is 2.81. The van der Waals surface area contributed by atoms with Crippen LogP contribution in [0.3, 0.4) is 0 Å². The number of aryl methyl sites for hydroxylation is 1.